The molecular formula is C12H22N4O. The lowest BCUT2D eigenvalue weighted by Crippen LogP contribution is -2.51. The van der Waals surface area contributed by atoms with Crippen molar-refractivity contribution in [1.29, 1.82) is 5.26 Å². The Balaban J connectivity index is 2.31. The van der Waals surface area contributed by atoms with E-state index in [9.17, 15) is 4.79 Å². The zero-order valence-corrected chi connectivity index (χ0v) is 11.0. The molecular weight excluding hydrogens is 216 g/mol. The van der Waals surface area contributed by atoms with Crippen LogP contribution < -0.4 is 0 Å². The summed E-state index contributed by atoms with van der Waals surface area (Å²) in [5.41, 5.74) is 0. The van der Waals surface area contributed by atoms with Gasteiger partial charge in [0.25, 0.3) is 0 Å². The van der Waals surface area contributed by atoms with Crippen molar-refractivity contribution < 1.29 is 4.79 Å². The summed E-state index contributed by atoms with van der Waals surface area (Å²) in [6.07, 6.45) is 0. The number of rotatable bonds is 4. The van der Waals surface area contributed by atoms with E-state index in [-0.39, 0.29) is 5.91 Å². The number of hydrogen-bond donors (Lipinski definition) is 0. The first-order chi connectivity index (χ1) is 8.04. The van der Waals surface area contributed by atoms with Crippen LogP contribution in [0.25, 0.3) is 0 Å². The van der Waals surface area contributed by atoms with Crippen LogP contribution in [-0.4, -0.2) is 74.0 Å². The highest BCUT2D eigenvalue weighted by atomic mass is 16.2. The molecule has 0 radical (unpaired) electrons. The van der Waals surface area contributed by atoms with Crippen molar-refractivity contribution in [3.63, 3.8) is 0 Å². The first kappa shape index (κ1) is 13.9. The maximum absolute atomic E-state index is 11.8. The summed E-state index contributed by atoms with van der Waals surface area (Å²) in [4.78, 5) is 18.1. The molecule has 1 aliphatic rings. The maximum atomic E-state index is 11.8. The Morgan fingerprint density at radius 2 is 1.94 bits per heavy atom. The van der Waals surface area contributed by atoms with Crippen LogP contribution >= 0.6 is 0 Å². The molecule has 1 saturated heterocycles. The highest BCUT2D eigenvalue weighted by molar-refractivity contribution is 5.80. The minimum Gasteiger partial charge on any atom is -0.339 e. The topological polar surface area (TPSA) is 50.6 Å². The van der Waals surface area contributed by atoms with E-state index in [1.807, 2.05) is 6.07 Å². The number of hydrogen-bond acceptors (Lipinski definition) is 4. The number of amides is 1. The van der Waals surface area contributed by atoms with E-state index >= 15 is 0 Å². The third-order valence-corrected chi connectivity index (χ3v) is 3.11. The van der Waals surface area contributed by atoms with Gasteiger partial charge in [-0.25, -0.2) is 0 Å². The molecule has 1 unspecified atom stereocenters. The lowest BCUT2D eigenvalue weighted by atomic mass is 10.1. The molecule has 1 atom stereocenters. The van der Waals surface area contributed by atoms with Gasteiger partial charge in [0.2, 0.25) is 5.91 Å². The fourth-order valence-corrected chi connectivity index (χ4v) is 1.86. The Kier molecular flexibility index (Phi) is 5.39. The van der Waals surface area contributed by atoms with E-state index in [0.29, 0.717) is 0 Å². The summed E-state index contributed by atoms with van der Waals surface area (Å²) in [6, 6.07) is 2.00. The average molecular weight is 238 g/mol. The van der Waals surface area contributed by atoms with Crippen molar-refractivity contribution in [2.24, 2.45) is 5.92 Å². The second-order valence-corrected chi connectivity index (χ2v) is 4.82. The van der Waals surface area contributed by atoms with Crippen LogP contribution in [0, 0.1) is 17.2 Å². The van der Waals surface area contributed by atoms with Crippen LogP contribution in [0.4, 0.5) is 0 Å². The molecule has 96 valence electrons. The molecule has 17 heavy (non-hydrogen) atoms. The third kappa shape index (κ3) is 4.33. The lowest BCUT2D eigenvalue weighted by molar-refractivity contribution is -0.135. The van der Waals surface area contributed by atoms with Crippen molar-refractivity contribution in [3.05, 3.63) is 0 Å². The number of nitriles is 1. The minimum atomic E-state index is -0.511. The molecule has 1 fully saturated rings. The van der Waals surface area contributed by atoms with Crippen molar-refractivity contribution in [2.45, 2.75) is 6.92 Å². The van der Waals surface area contributed by atoms with Crippen LogP contribution in [0.1, 0.15) is 6.92 Å². The summed E-state index contributed by atoms with van der Waals surface area (Å²) in [7, 11) is 4.13. The SMILES string of the molecule is CC(C#N)C(=O)N1CCN(CCN(C)C)CC1. The fourth-order valence-electron chi connectivity index (χ4n) is 1.86. The van der Waals surface area contributed by atoms with E-state index in [4.69, 9.17) is 5.26 Å². The normalized spacial score (nSPS) is 19.1. The number of carbonyl (C=O) groups excluding carboxylic acids is 1. The monoisotopic (exact) mass is 238 g/mol. The molecule has 5 nitrogen and oxygen atoms in total. The Labute approximate surface area is 104 Å². The molecule has 0 aliphatic carbocycles. The Morgan fingerprint density at radius 1 is 1.35 bits per heavy atom. The lowest BCUT2D eigenvalue weighted by Gasteiger charge is -2.35. The quantitative estimate of drug-likeness (QED) is 0.683. The highest BCUT2D eigenvalue weighted by Gasteiger charge is 2.24. The Bertz CT molecular complexity index is 289. The second-order valence-electron chi connectivity index (χ2n) is 4.82. The molecule has 0 aromatic rings. The largest absolute Gasteiger partial charge is 0.339 e. The summed E-state index contributed by atoms with van der Waals surface area (Å²) in [5, 5.41) is 8.72. The summed E-state index contributed by atoms with van der Waals surface area (Å²) < 4.78 is 0. The predicted octanol–water partition coefficient (Wildman–Crippen LogP) is -0.148. The molecule has 1 rings (SSSR count). The maximum Gasteiger partial charge on any atom is 0.239 e. The van der Waals surface area contributed by atoms with Gasteiger partial charge in [0, 0.05) is 39.3 Å². The van der Waals surface area contributed by atoms with Gasteiger partial charge in [0.05, 0.1) is 6.07 Å². The molecule has 1 aliphatic heterocycles. The molecule has 0 saturated carbocycles. The number of piperazine rings is 1. The fraction of sp³-hybridized carbons (Fsp3) is 0.833. The van der Waals surface area contributed by atoms with Crippen LogP contribution in [0.2, 0.25) is 0 Å². The van der Waals surface area contributed by atoms with Gasteiger partial charge in [0.1, 0.15) is 5.92 Å². The molecule has 0 N–H and O–H groups in total. The third-order valence-electron chi connectivity index (χ3n) is 3.11. The number of nitrogens with zero attached hydrogens (tertiary/aromatic N) is 4. The zero-order chi connectivity index (χ0) is 12.8. The van der Waals surface area contributed by atoms with E-state index in [1.54, 1.807) is 11.8 Å². The van der Waals surface area contributed by atoms with Gasteiger partial charge in [0.15, 0.2) is 0 Å². The highest BCUT2D eigenvalue weighted by Crippen LogP contribution is 2.06. The summed E-state index contributed by atoms with van der Waals surface area (Å²) in [6.45, 7) is 7.08. The van der Waals surface area contributed by atoms with Gasteiger partial charge in [-0.1, -0.05) is 0 Å². The van der Waals surface area contributed by atoms with Crippen molar-refractivity contribution in [2.75, 3.05) is 53.4 Å². The standard InChI is InChI=1S/C12H22N4O/c1-11(10-13)12(17)16-8-6-15(7-9-16)5-4-14(2)3/h11H,4-9H2,1-3H3. The van der Waals surface area contributed by atoms with Crippen molar-refractivity contribution in [1.82, 2.24) is 14.7 Å². The summed E-state index contributed by atoms with van der Waals surface area (Å²) >= 11 is 0. The molecule has 0 spiro atoms. The van der Waals surface area contributed by atoms with Crippen LogP contribution in [0.15, 0.2) is 0 Å². The molecule has 0 aromatic carbocycles. The van der Waals surface area contributed by atoms with Crippen molar-refractivity contribution in [3.8, 4) is 6.07 Å². The van der Waals surface area contributed by atoms with Gasteiger partial charge >= 0.3 is 0 Å². The van der Waals surface area contributed by atoms with Crippen LogP contribution in [0.5, 0.6) is 0 Å². The minimum absolute atomic E-state index is 0.0280. The Hall–Kier alpha value is -1.12. The second kappa shape index (κ2) is 6.58. The van der Waals surface area contributed by atoms with E-state index in [2.05, 4.69) is 23.9 Å². The predicted molar refractivity (Wildman–Crippen MR) is 66.4 cm³/mol. The van der Waals surface area contributed by atoms with Crippen molar-refractivity contribution >= 4 is 5.91 Å². The van der Waals surface area contributed by atoms with Gasteiger partial charge in [-0.15, -0.1) is 0 Å². The van der Waals surface area contributed by atoms with Gasteiger partial charge in [-0.3, -0.25) is 9.69 Å². The van der Waals surface area contributed by atoms with E-state index in [0.717, 1.165) is 39.3 Å². The zero-order valence-electron chi connectivity index (χ0n) is 11.0. The average Bonchev–Trinajstić information content (AvgIpc) is 2.35. The van der Waals surface area contributed by atoms with Crippen LogP contribution in [-0.2, 0) is 4.79 Å². The first-order valence-corrected chi connectivity index (χ1v) is 6.10. The molecule has 1 heterocycles. The molecule has 1 amide bonds. The number of likely N-dealkylation sites (N-methyl/N-ethyl adjacent to an activating group) is 1. The number of carbonyl (C=O) groups is 1. The van der Waals surface area contributed by atoms with Gasteiger partial charge in [-0.05, 0) is 21.0 Å². The molecule has 0 aromatic heterocycles. The van der Waals surface area contributed by atoms with Crippen LogP contribution in [0.3, 0.4) is 0 Å². The molecule has 5 heteroatoms. The molecule has 0 bridgehead atoms. The Morgan fingerprint density at radius 3 is 2.41 bits per heavy atom. The van der Waals surface area contributed by atoms with E-state index in [1.165, 1.54) is 0 Å². The van der Waals surface area contributed by atoms with E-state index < -0.39 is 5.92 Å². The van der Waals surface area contributed by atoms with Gasteiger partial charge < -0.3 is 9.80 Å². The first-order valence-electron chi connectivity index (χ1n) is 6.10. The summed E-state index contributed by atoms with van der Waals surface area (Å²) in [5.74, 6) is -0.539. The smallest absolute Gasteiger partial charge is 0.239 e. The van der Waals surface area contributed by atoms with Gasteiger partial charge in [-0.2, -0.15) is 5.26 Å².